The summed E-state index contributed by atoms with van der Waals surface area (Å²) in [6.45, 7) is 0. The second-order valence-electron chi connectivity index (χ2n) is 2.12. The third-order valence-corrected chi connectivity index (χ3v) is 1.51. The Kier molecular flexibility index (Phi) is 2.73. The quantitative estimate of drug-likeness (QED) is 0.372. The summed E-state index contributed by atoms with van der Waals surface area (Å²) in [5.74, 6) is 4.86. The van der Waals surface area contributed by atoms with Gasteiger partial charge in [-0.15, -0.1) is 0 Å². The lowest BCUT2D eigenvalue weighted by Crippen LogP contribution is -1.89. The van der Waals surface area contributed by atoms with Gasteiger partial charge >= 0.3 is 0 Å². The zero-order valence-electron chi connectivity index (χ0n) is 6.17. The van der Waals surface area contributed by atoms with Gasteiger partial charge in [0.1, 0.15) is 0 Å². The van der Waals surface area contributed by atoms with Gasteiger partial charge in [0.05, 0.1) is 0 Å². The Bertz CT molecular complexity index is 363. The molecule has 0 bridgehead atoms. The predicted molar refractivity (Wildman–Crippen MR) is 48.8 cm³/mol. The van der Waals surface area contributed by atoms with Gasteiger partial charge in [-0.2, -0.15) is 0 Å². The summed E-state index contributed by atoms with van der Waals surface area (Å²) in [6.07, 6.45) is 0.522. The normalized spacial score (nSPS) is 8.42. The van der Waals surface area contributed by atoms with Crippen molar-refractivity contribution in [3.63, 3.8) is 0 Å². The van der Waals surface area contributed by atoms with Crippen LogP contribution in [0.3, 0.4) is 0 Å². The standard InChI is InChI=1S/C9H6ClNO/c10-8-4-3-7(2-1-5-12)9(11)6-8/h3-6H,11H2. The second kappa shape index (κ2) is 3.80. The minimum absolute atomic E-state index is 0.483. The van der Waals surface area contributed by atoms with Crippen LogP contribution in [-0.2, 0) is 4.79 Å². The van der Waals surface area contributed by atoms with Crippen molar-refractivity contribution < 1.29 is 4.79 Å². The van der Waals surface area contributed by atoms with E-state index in [1.54, 1.807) is 18.2 Å². The Hall–Kier alpha value is -1.46. The van der Waals surface area contributed by atoms with Gasteiger partial charge in [0.25, 0.3) is 0 Å². The van der Waals surface area contributed by atoms with Crippen LogP contribution in [0.5, 0.6) is 0 Å². The Balaban J connectivity index is 3.09. The number of anilines is 1. The van der Waals surface area contributed by atoms with Crippen molar-refractivity contribution >= 4 is 23.6 Å². The molecule has 0 unspecified atom stereocenters. The molecule has 0 radical (unpaired) electrons. The summed E-state index contributed by atoms with van der Waals surface area (Å²) in [5.41, 5.74) is 6.66. The molecule has 0 saturated carbocycles. The monoisotopic (exact) mass is 179 g/mol. The third kappa shape index (κ3) is 2.01. The van der Waals surface area contributed by atoms with Crippen molar-refractivity contribution in [2.75, 3.05) is 5.73 Å². The summed E-state index contributed by atoms with van der Waals surface area (Å²) in [6, 6.07) is 4.94. The van der Waals surface area contributed by atoms with E-state index in [-0.39, 0.29) is 0 Å². The molecule has 1 aromatic carbocycles. The summed E-state index contributed by atoms with van der Waals surface area (Å²) >= 11 is 5.65. The summed E-state index contributed by atoms with van der Waals surface area (Å²) in [4.78, 5) is 9.92. The van der Waals surface area contributed by atoms with Crippen LogP contribution in [0.2, 0.25) is 5.02 Å². The molecule has 0 spiro atoms. The van der Waals surface area contributed by atoms with Gasteiger partial charge in [-0.3, -0.25) is 4.79 Å². The first-order valence-corrected chi connectivity index (χ1v) is 3.62. The van der Waals surface area contributed by atoms with Crippen molar-refractivity contribution in [2.24, 2.45) is 0 Å². The Labute approximate surface area is 75.3 Å². The SMILES string of the molecule is Nc1cc(Cl)ccc1C#CC=O. The maximum absolute atomic E-state index is 9.92. The molecule has 0 heterocycles. The molecule has 0 fully saturated rings. The number of carbonyl (C=O) groups excluding carboxylic acids is 1. The summed E-state index contributed by atoms with van der Waals surface area (Å²) in [7, 11) is 0. The number of benzene rings is 1. The number of rotatable bonds is 0. The number of nitrogens with two attached hydrogens (primary N) is 1. The van der Waals surface area contributed by atoms with E-state index in [4.69, 9.17) is 17.3 Å². The minimum Gasteiger partial charge on any atom is -0.398 e. The first-order valence-electron chi connectivity index (χ1n) is 3.24. The lowest BCUT2D eigenvalue weighted by Gasteiger charge is -1.96. The first-order chi connectivity index (χ1) is 5.74. The van der Waals surface area contributed by atoms with Crippen molar-refractivity contribution in [3.8, 4) is 11.8 Å². The Morgan fingerprint density at radius 3 is 2.83 bits per heavy atom. The number of nitrogen functional groups attached to an aromatic ring is 1. The molecule has 60 valence electrons. The second-order valence-corrected chi connectivity index (χ2v) is 2.56. The van der Waals surface area contributed by atoms with Crippen LogP contribution in [0.15, 0.2) is 18.2 Å². The minimum atomic E-state index is 0.483. The van der Waals surface area contributed by atoms with Crippen molar-refractivity contribution in [2.45, 2.75) is 0 Å². The maximum atomic E-state index is 9.92. The highest BCUT2D eigenvalue weighted by Gasteiger charge is 1.94. The van der Waals surface area contributed by atoms with Crippen LogP contribution in [0.4, 0.5) is 5.69 Å². The van der Waals surface area contributed by atoms with E-state index in [1.165, 1.54) is 0 Å². The van der Waals surface area contributed by atoms with E-state index >= 15 is 0 Å². The molecular formula is C9H6ClNO. The van der Waals surface area contributed by atoms with Gasteiger partial charge in [0.2, 0.25) is 0 Å². The van der Waals surface area contributed by atoms with E-state index in [1.807, 2.05) is 0 Å². The number of aldehydes is 1. The highest BCUT2D eigenvalue weighted by molar-refractivity contribution is 6.30. The average Bonchev–Trinajstić information content (AvgIpc) is 2.03. The van der Waals surface area contributed by atoms with Crippen LogP contribution >= 0.6 is 11.6 Å². The molecule has 0 aliphatic carbocycles. The zero-order valence-corrected chi connectivity index (χ0v) is 6.93. The summed E-state index contributed by atoms with van der Waals surface area (Å²) in [5, 5.41) is 0.559. The van der Waals surface area contributed by atoms with Crippen LogP contribution in [0, 0.1) is 11.8 Å². The Morgan fingerprint density at radius 1 is 1.50 bits per heavy atom. The van der Waals surface area contributed by atoms with Gasteiger partial charge in [-0.25, -0.2) is 0 Å². The Morgan fingerprint density at radius 2 is 2.25 bits per heavy atom. The van der Waals surface area contributed by atoms with Crippen molar-refractivity contribution in [1.82, 2.24) is 0 Å². The zero-order chi connectivity index (χ0) is 8.97. The van der Waals surface area contributed by atoms with Crippen LogP contribution < -0.4 is 5.73 Å². The van der Waals surface area contributed by atoms with Gasteiger partial charge in [-0.1, -0.05) is 17.5 Å². The molecule has 0 aliphatic rings. The molecule has 12 heavy (non-hydrogen) atoms. The molecule has 0 atom stereocenters. The van der Waals surface area contributed by atoms with Gasteiger partial charge in [0.15, 0.2) is 6.29 Å². The molecule has 0 aliphatic heterocycles. The fraction of sp³-hybridized carbons (Fsp3) is 0. The molecule has 0 saturated heterocycles. The molecular weight excluding hydrogens is 174 g/mol. The van der Waals surface area contributed by atoms with Crippen molar-refractivity contribution in [1.29, 1.82) is 0 Å². The molecule has 0 aromatic heterocycles. The fourth-order valence-electron chi connectivity index (χ4n) is 0.755. The number of hydrogen-bond donors (Lipinski definition) is 1. The first kappa shape index (κ1) is 8.63. The third-order valence-electron chi connectivity index (χ3n) is 1.28. The molecule has 2 nitrogen and oxygen atoms in total. The number of hydrogen-bond acceptors (Lipinski definition) is 2. The van der Waals surface area contributed by atoms with E-state index in [9.17, 15) is 4.79 Å². The van der Waals surface area contributed by atoms with Crippen LogP contribution in [-0.4, -0.2) is 6.29 Å². The maximum Gasteiger partial charge on any atom is 0.193 e. The fourth-order valence-corrected chi connectivity index (χ4v) is 0.935. The van der Waals surface area contributed by atoms with E-state index in [0.717, 1.165) is 0 Å². The average molecular weight is 180 g/mol. The van der Waals surface area contributed by atoms with E-state index < -0.39 is 0 Å². The highest BCUT2D eigenvalue weighted by atomic mass is 35.5. The van der Waals surface area contributed by atoms with Gasteiger partial charge < -0.3 is 5.73 Å². The van der Waals surface area contributed by atoms with E-state index in [0.29, 0.717) is 22.6 Å². The topological polar surface area (TPSA) is 43.1 Å². The smallest absolute Gasteiger partial charge is 0.193 e. The highest BCUT2D eigenvalue weighted by Crippen LogP contribution is 2.16. The van der Waals surface area contributed by atoms with E-state index in [2.05, 4.69) is 11.8 Å². The molecule has 1 rings (SSSR count). The van der Waals surface area contributed by atoms with Crippen molar-refractivity contribution in [3.05, 3.63) is 28.8 Å². The van der Waals surface area contributed by atoms with Crippen LogP contribution in [0.25, 0.3) is 0 Å². The van der Waals surface area contributed by atoms with Gasteiger partial charge in [0, 0.05) is 16.3 Å². The molecule has 3 heteroatoms. The molecule has 2 N–H and O–H groups in total. The predicted octanol–water partition coefficient (Wildman–Crippen LogP) is 1.47. The number of halogens is 1. The lowest BCUT2D eigenvalue weighted by atomic mass is 10.2. The lowest BCUT2D eigenvalue weighted by molar-refractivity contribution is -0.103. The van der Waals surface area contributed by atoms with Crippen LogP contribution in [0.1, 0.15) is 5.56 Å². The molecule has 1 aromatic rings. The molecule has 0 amide bonds. The summed E-state index contributed by atoms with van der Waals surface area (Å²) < 4.78 is 0. The van der Waals surface area contributed by atoms with Gasteiger partial charge in [-0.05, 0) is 24.1 Å². The number of carbonyl (C=O) groups is 1. The largest absolute Gasteiger partial charge is 0.398 e.